The lowest BCUT2D eigenvalue weighted by molar-refractivity contribution is 0.328. The lowest BCUT2D eigenvalue weighted by Crippen LogP contribution is -2.04. The van der Waals surface area contributed by atoms with Crippen LogP contribution in [0.15, 0.2) is 18.5 Å². The number of rotatable bonds is 3. The molecule has 0 saturated carbocycles. The highest BCUT2D eigenvalue weighted by Gasteiger charge is 2.13. The third-order valence-electron chi connectivity index (χ3n) is 2.38. The van der Waals surface area contributed by atoms with Gasteiger partial charge in [0.2, 0.25) is 5.88 Å². The Bertz CT molecular complexity index is 691. The summed E-state index contributed by atoms with van der Waals surface area (Å²) < 4.78 is 6.70. The van der Waals surface area contributed by atoms with Gasteiger partial charge in [-0.2, -0.15) is 15.5 Å². The molecule has 7 nitrogen and oxygen atoms in total. The SMILES string of the molecule is CCOc1nc(-n2cnc(C#N)c2C#N)ccc1N. The van der Waals surface area contributed by atoms with Crippen LogP contribution in [0.25, 0.3) is 5.82 Å². The number of imidazole rings is 1. The summed E-state index contributed by atoms with van der Waals surface area (Å²) in [5.74, 6) is 0.708. The van der Waals surface area contributed by atoms with Crippen LogP contribution in [0.5, 0.6) is 5.88 Å². The van der Waals surface area contributed by atoms with Crippen molar-refractivity contribution in [1.29, 1.82) is 10.5 Å². The zero-order valence-corrected chi connectivity index (χ0v) is 10.2. The van der Waals surface area contributed by atoms with E-state index in [2.05, 4.69) is 9.97 Å². The van der Waals surface area contributed by atoms with Gasteiger partial charge in [-0.25, -0.2) is 4.98 Å². The molecule has 0 aliphatic carbocycles. The van der Waals surface area contributed by atoms with E-state index in [9.17, 15) is 0 Å². The molecule has 0 bridgehead atoms. The van der Waals surface area contributed by atoms with Gasteiger partial charge in [-0.15, -0.1) is 0 Å². The zero-order valence-electron chi connectivity index (χ0n) is 10.2. The smallest absolute Gasteiger partial charge is 0.239 e. The molecule has 0 saturated heterocycles. The van der Waals surface area contributed by atoms with Gasteiger partial charge in [0.25, 0.3) is 0 Å². The maximum atomic E-state index is 9.06. The number of ether oxygens (including phenoxy) is 1. The van der Waals surface area contributed by atoms with Gasteiger partial charge in [0.15, 0.2) is 11.4 Å². The van der Waals surface area contributed by atoms with E-state index in [0.717, 1.165) is 0 Å². The average Bonchev–Trinajstić information content (AvgIpc) is 2.84. The number of nitrogens with zero attached hydrogens (tertiary/aromatic N) is 5. The molecule has 2 N–H and O–H groups in total. The van der Waals surface area contributed by atoms with Gasteiger partial charge in [0, 0.05) is 0 Å². The Labute approximate surface area is 109 Å². The summed E-state index contributed by atoms with van der Waals surface area (Å²) in [7, 11) is 0. The maximum absolute atomic E-state index is 9.06. The maximum Gasteiger partial charge on any atom is 0.239 e. The van der Waals surface area contributed by atoms with Crippen LogP contribution in [-0.2, 0) is 0 Å². The van der Waals surface area contributed by atoms with Crippen LogP contribution in [0.2, 0.25) is 0 Å². The molecule has 2 aromatic heterocycles. The zero-order chi connectivity index (χ0) is 13.8. The van der Waals surface area contributed by atoms with E-state index in [1.165, 1.54) is 10.9 Å². The quantitative estimate of drug-likeness (QED) is 0.873. The Hall–Kier alpha value is -3.06. The van der Waals surface area contributed by atoms with E-state index >= 15 is 0 Å². The van der Waals surface area contributed by atoms with E-state index < -0.39 is 0 Å². The number of nitrogens with two attached hydrogens (primary N) is 1. The summed E-state index contributed by atoms with van der Waals surface area (Å²) >= 11 is 0. The second-order valence-corrected chi connectivity index (χ2v) is 3.53. The first kappa shape index (κ1) is 12.4. The molecule has 2 aromatic rings. The number of hydrogen-bond donors (Lipinski definition) is 1. The molecule has 0 aliphatic rings. The van der Waals surface area contributed by atoms with Crippen molar-refractivity contribution in [2.75, 3.05) is 12.3 Å². The number of pyridine rings is 1. The second-order valence-electron chi connectivity index (χ2n) is 3.53. The first-order chi connectivity index (χ1) is 9.21. The molecular weight excluding hydrogens is 244 g/mol. The van der Waals surface area contributed by atoms with Crippen LogP contribution in [0.1, 0.15) is 18.3 Å². The van der Waals surface area contributed by atoms with Crippen molar-refractivity contribution >= 4 is 5.69 Å². The van der Waals surface area contributed by atoms with Crippen LogP contribution in [0.3, 0.4) is 0 Å². The molecule has 0 fully saturated rings. The van der Waals surface area contributed by atoms with Crippen LogP contribution >= 0.6 is 0 Å². The largest absolute Gasteiger partial charge is 0.476 e. The fourth-order valence-corrected chi connectivity index (χ4v) is 1.54. The third-order valence-corrected chi connectivity index (χ3v) is 2.38. The molecule has 19 heavy (non-hydrogen) atoms. The van der Waals surface area contributed by atoms with Crippen molar-refractivity contribution in [3.63, 3.8) is 0 Å². The monoisotopic (exact) mass is 254 g/mol. The highest BCUT2D eigenvalue weighted by atomic mass is 16.5. The Morgan fingerprint density at radius 1 is 1.37 bits per heavy atom. The van der Waals surface area contributed by atoms with E-state index in [1.54, 1.807) is 12.1 Å². The lowest BCUT2D eigenvalue weighted by Gasteiger charge is -2.08. The molecular formula is C12H10N6O. The van der Waals surface area contributed by atoms with Crippen molar-refractivity contribution in [2.45, 2.75) is 6.92 Å². The first-order valence-electron chi connectivity index (χ1n) is 5.48. The normalized spacial score (nSPS) is 9.63. The summed E-state index contributed by atoms with van der Waals surface area (Å²) in [6.45, 7) is 2.25. The number of nitrogen functional groups attached to an aromatic ring is 1. The number of nitriles is 2. The molecule has 0 amide bonds. The Kier molecular flexibility index (Phi) is 3.31. The van der Waals surface area contributed by atoms with Crippen molar-refractivity contribution in [2.24, 2.45) is 0 Å². The summed E-state index contributed by atoms with van der Waals surface area (Å²) in [6, 6.07) is 7.03. The van der Waals surface area contributed by atoms with Crippen molar-refractivity contribution in [3.05, 3.63) is 29.8 Å². The molecule has 0 atom stereocenters. The molecule has 7 heteroatoms. The van der Waals surface area contributed by atoms with Crippen LogP contribution in [0, 0.1) is 22.7 Å². The van der Waals surface area contributed by atoms with E-state index in [0.29, 0.717) is 18.1 Å². The summed E-state index contributed by atoms with van der Waals surface area (Å²) in [5, 5.41) is 17.9. The molecule has 0 aliphatic heterocycles. The topological polar surface area (TPSA) is 114 Å². The Balaban J connectivity index is 2.54. The predicted molar refractivity (Wildman–Crippen MR) is 66.4 cm³/mol. The minimum absolute atomic E-state index is 0.0547. The number of hydrogen-bond acceptors (Lipinski definition) is 6. The lowest BCUT2D eigenvalue weighted by atomic mass is 10.3. The molecule has 0 unspecified atom stereocenters. The fourth-order valence-electron chi connectivity index (χ4n) is 1.54. The average molecular weight is 254 g/mol. The number of anilines is 1. The molecule has 0 spiro atoms. The van der Waals surface area contributed by atoms with Crippen LogP contribution in [0.4, 0.5) is 5.69 Å². The van der Waals surface area contributed by atoms with Gasteiger partial charge in [-0.1, -0.05) is 0 Å². The van der Waals surface area contributed by atoms with Gasteiger partial charge >= 0.3 is 0 Å². The predicted octanol–water partition coefficient (Wildman–Crippen LogP) is 0.992. The highest BCUT2D eigenvalue weighted by Crippen LogP contribution is 2.21. The standard InChI is InChI=1S/C12H10N6O/c1-2-19-12-8(15)3-4-11(17-12)18-7-16-9(5-13)10(18)6-14/h3-4,7H,2,15H2,1H3. The summed E-state index contributed by atoms with van der Waals surface area (Å²) in [6.07, 6.45) is 1.37. The minimum Gasteiger partial charge on any atom is -0.476 e. The van der Waals surface area contributed by atoms with E-state index in [-0.39, 0.29) is 17.3 Å². The Morgan fingerprint density at radius 2 is 2.16 bits per heavy atom. The third kappa shape index (κ3) is 2.17. The van der Waals surface area contributed by atoms with Gasteiger partial charge in [-0.3, -0.25) is 4.57 Å². The summed E-state index contributed by atoms with van der Waals surface area (Å²) in [5.41, 5.74) is 6.31. The van der Waals surface area contributed by atoms with Crippen LogP contribution in [-0.4, -0.2) is 21.1 Å². The van der Waals surface area contributed by atoms with Gasteiger partial charge in [0.1, 0.15) is 24.3 Å². The van der Waals surface area contributed by atoms with Crippen molar-refractivity contribution in [1.82, 2.24) is 14.5 Å². The Morgan fingerprint density at radius 3 is 2.79 bits per heavy atom. The molecule has 0 aromatic carbocycles. The van der Waals surface area contributed by atoms with Gasteiger partial charge in [-0.05, 0) is 19.1 Å². The van der Waals surface area contributed by atoms with E-state index in [4.69, 9.17) is 21.0 Å². The molecule has 2 rings (SSSR count). The minimum atomic E-state index is 0.0547. The molecule has 94 valence electrons. The van der Waals surface area contributed by atoms with Crippen molar-refractivity contribution in [3.8, 4) is 23.8 Å². The molecule has 0 radical (unpaired) electrons. The van der Waals surface area contributed by atoms with Crippen LogP contribution < -0.4 is 10.5 Å². The second kappa shape index (κ2) is 5.07. The number of aromatic nitrogens is 3. The fraction of sp³-hybridized carbons (Fsp3) is 0.167. The van der Waals surface area contributed by atoms with Gasteiger partial charge in [0.05, 0.1) is 12.3 Å². The first-order valence-corrected chi connectivity index (χ1v) is 5.48. The van der Waals surface area contributed by atoms with Crippen molar-refractivity contribution < 1.29 is 4.74 Å². The molecule has 2 heterocycles. The van der Waals surface area contributed by atoms with Gasteiger partial charge < -0.3 is 10.5 Å². The highest BCUT2D eigenvalue weighted by molar-refractivity contribution is 5.52. The summed E-state index contributed by atoms with van der Waals surface area (Å²) in [4.78, 5) is 8.05. The van der Waals surface area contributed by atoms with E-state index in [1.807, 2.05) is 19.1 Å².